The molecule has 2 aromatic rings. The first-order valence-corrected chi connectivity index (χ1v) is 8.30. The van der Waals surface area contributed by atoms with Crippen molar-refractivity contribution in [3.63, 3.8) is 0 Å². The minimum Gasteiger partial charge on any atom is -0.352 e. The van der Waals surface area contributed by atoms with Gasteiger partial charge in [0.2, 0.25) is 11.1 Å². The minimum atomic E-state index is 0.0607. The number of nitrogens with one attached hydrogen (secondary N) is 1. The summed E-state index contributed by atoms with van der Waals surface area (Å²) in [4.78, 5) is 20.4. The lowest BCUT2D eigenvalue weighted by Crippen LogP contribution is -2.41. The number of hydrogen-bond acceptors (Lipinski definition) is 5. The fraction of sp³-hybridized carbons (Fsp3) is 0.571. The number of carbonyl (C=O) groups excluding carboxylic acids is 1. The van der Waals surface area contributed by atoms with Crippen LogP contribution in [0.2, 0.25) is 0 Å². The van der Waals surface area contributed by atoms with E-state index >= 15 is 0 Å². The second-order valence-electron chi connectivity index (χ2n) is 5.48. The average Bonchev–Trinajstić information content (AvgIpc) is 2.90. The molecule has 2 heterocycles. The van der Waals surface area contributed by atoms with Gasteiger partial charge in [0.05, 0.1) is 5.75 Å². The number of hydrogen-bond donors (Lipinski definition) is 1. The molecule has 0 spiro atoms. The van der Waals surface area contributed by atoms with E-state index in [1.54, 1.807) is 23.0 Å². The van der Waals surface area contributed by atoms with E-state index in [0.29, 0.717) is 28.6 Å². The molecule has 0 radical (unpaired) electrons. The van der Waals surface area contributed by atoms with Gasteiger partial charge in [0.1, 0.15) is 0 Å². The zero-order valence-electron chi connectivity index (χ0n) is 12.0. The van der Waals surface area contributed by atoms with Crippen molar-refractivity contribution in [1.29, 1.82) is 0 Å². The maximum atomic E-state index is 12.0. The molecule has 112 valence electrons. The molecule has 1 saturated carbocycles. The Labute approximate surface area is 127 Å². The molecule has 2 atom stereocenters. The molecule has 0 aliphatic heterocycles. The Hall–Kier alpha value is -1.63. The molecule has 1 N–H and O–H groups in total. The molecule has 1 amide bonds. The van der Waals surface area contributed by atoms with Crippen LogP contribution in [-0.2, 0) is 4.79 Å². The summed E-state index contributed by atoms with van der Waals surface area (Å²) in [7, 11) is 0. The van der Waals surface area contributed by atoms with Gasteiger partial charge in [-0.05, 0) is 24.8 Å². The maximum Gasteiger partial charge on any atom is 0.253 e. The third-order valence-corrected chi connectivity index (χ3v) is 4.73. The summed E-state index contributed by atoms with van der Waals surface area (Å²) in [6, 6.07) is 2.12. The largest absolute Gasteiger partial charge is 0.352 e. The summed E-state index contributed by atoms with van der Waals surface area (Å²) in [6.45, 7) is 2.21. The lowest BCUT2D eigenvalue weighted by Gasteiger charge is -2.29. The van der Waals surface area contributed by atoms with Gasteiger partial charge in [-0.2, -0.15) is 4.98 Å². The molecule has 1 fully saturated rings. The molecule has 3 rings (SSSR count). The zero-order chi connectivity index (χ0) is 14.7. The van der Waals surface area contributed by atoms with E-state index in [1.165, 1.54) is 31.0 Å². The van der Waals surface area contributed by atoms with Gasteiger partial charge < -0.3 is 5.32 Å². The van der Waals surface area contributed by atoms with Gasteiger partial charge >= 0.3 is 0 Å². The molecule has 21 heavy (non-hydrogen) atoms. The Balaban J connectivity index is 1.53. The molecule has 0 bridgehead atoms. The lowest BCUT2D eigenvalue weighted by molar-refractivity contribution is -0.119. The highest BCUT2D eigenvalue weighted by atomic mass is 32.2. The second-order valence-corrected chi connectivity index (χ2v) is 6.43. The highest BCUT2D eigenvalue weighted by Gasteiger charge is 2.22. The highest BCUT2D eigenvalue weighted by Crippen LogP contribution is 2.24. The first-order chi connectivity index (χ1) is 10.2. The van der Waals surface area contributed by atoms with Crippen molar-refractivity contribution in [3.05, 3.63) is 18.5 Å². The van der Waals surface area contributed by atoms with Crippen LogP contribution in [0.3, 0.4) is 0 Å². The zero-order valence-corrected chi connectivity index (χ0v) is 12.8. The topological polar surface area (TPSA) is 72.2 Å². The number of thioether (sulfide) groups is 1. The number of carbonyl (C=O) groups is 1. The van der Waals surface area contributed by atoms with Crippen LogP contribution in [0, 0.1) is 5.92 Å². The van der Waals surface area contributed by atoms with Crippen LogP contribution in [0.4, 0.5) is 0 Å². The summed E-state index contributed by atoms with van der Waals surface area (Å²) >= 11 is 1.35. The Morgan fingerprint density at radius 2 is 2.33 bits per heavy atom. The van der Waals surface area contributed by atoms with Crippen molar-refractivity contribution in [1.82, 2.24) is 24.9 Å². The van der Waals surface area contributed by atoms with Gasteiger partial charge in [0.15, 0.2) is 0 Å². The molecule has 0 unspecified atom stereocenters. The van der Waals surface area contributed by atoms with Crippen LogP contribution in [0.15, 0.2) is 23.6 Å². The molecular formula is C14H19N5OS. The summed E-state index contributed by atoms with van der Waals surface area (Å²) in [5.74, 6) is 1.54. The molecule has 2 aromatic heterocycles. The Bertz CT molecular complexity index is 596. The predicted molar refractivity (Wildman–Crippen MR) is 81.1 cm³/mol. The fourth-order valence-corrected chi connectivity index (χ4v) is 3.32. The second kappa shape index (κ2) is 6.43. The van der Waals surface area contributed by atoms with E-state index in [-0.39, 0.29) is 5.91 Å². The van der Waals surface area contributed by atoms with E-state index in [4.69, 9.17) is 0 Å². The lowest BCUT2D eigenvalue weighted by atomic mass is 9.86. The van der Waals surface area contributed by atoms with Crippen LogP contribution >= 0.6 is 11.8 Å². The van der Waals surface area contributed by atoms with E-state index in [2.05, 4.69) is 27.3 Å². The summed E-state index contributed by atoms with van der Waals surface area (Å²) < 4.78 is 1.61. The first kappa shape index (κ1) is 14.3. The van der Waals surface area contributed by atoms with Gasteiger partial charge in [-0.25, -0.2) is 9.50 Å². The van der Waals surface area contributed by atoms with Crippen molar-refractivity contribution >= 4 is 23.4 Å². The van der Waals surface area contributed by atoms with Crippen molar-refractivity contribution in [2.24, 2.45) is 5.92 Å². The maximum absolute atomic E-state index is 12.0. The van der Waals surface area contributed by atoms with E-state index in [1.807, 2.05) is 0 Å². The summed E-state index contributed by atoms with van der Waals surface area (Å²) in [5.41, 5.74) is 0. The van der Waals surface area contributed by atoms with Gasteiger partial charge in [0.25, 0.3) is 5.78 Å². The van der Waals surface area contributed by atoms with Crippen molar-refractivity contribution < 1.29 is 4.79 Å². The predicted octanol–water partition coefficient (Wildman–Crippen LogP) is 1.91. The van der Waals surface area contributed by atoms with Crippen LogP contribution in [0.5, 0.6) is 0 Å². The van der Waals surface area contributed by atoms with Crippen molar-refractivity contribution in [2.75, 3.05) is 5.75 Å². The van der Waals surface area contributed by atoms with E-state index in [9.17, 15) is 4.79 Å². The van der Waals surface area contributed by atoms with Gasteiger partial charge in [-0.1, -0.05) is 31.5 Å². The number of fused-ring (bicyclic) bond motifs is 1. The number of aromatic nitrogens is 4. The molecule has 1 aliphatic carbocycles. The smallest absolute Gasteiger partial charge is 0.253 e. The van der Waals surface area contributed by atoms with Gasteiger partial charge in [-0.15, -0.1) is 5.10 Å². The number of rotatable bonds is 4. The van der Waals surface area contributed by atoms with Crippen LogP contribution in [0.1, 0.15) is 32.6 Å². The third kappa shape index (κ3) is 3.53. The number of nitrogens with zero attached hydrogens (tertiary/aromatic N) is 4. The van der Waals surface area contributed by atoms with Crippen LogP contribution in [0.25, 0.3) is 5.78 Å². The highest BCUT2D eigenvalue weighted by molar-refractivity contribution is 7.99. The molecule has 7 heteroatoms. The fourth-order valence-electron chi connectivity index (χ4n) is 2.68. The Kier molecular flexibility index (Phi) is 4.38. The normalized spacial score (nSPS) is 22.3. The summed E-state index contributed by atoms with van der Waals surface area (Å²) in [5, 5.41) is 7.99. The third-order valence-electron chi connectivity index (χ3n) is 3.89. The molecule has 1 aliphatic rings. The average molecular weight is 305 g/mol. The molecule has 6 nitrogen and oxygen atoms in total. The summed E-state index contributed by atoms with van der Waals surface area (Å²) in [6.07, 6.45) is 8.26. The quantitative estimate of drug-likeness (QED) is 0.874. The van der Waals surface area contributed by atoms with Gasteiger partial charge in [-0.3, -0.25) is 4.79 Å². The van der Waals surface area contributed by atoms with E-state index in [0.717, 1.165) is 6.42 Å². The monoisotopic (exact) mass is 305 g/mol. The Morgan fingerprint density at radius 3 is 3.14 bits per heavy atom. The molecular weight excluding hydrogens is 286 g/mol. The van der Waals surface area contributed by atoms with Crippen molar-refractivity contribution in [2.45, 2.75) is 43.8 Å². The number of amides is 1. The standard InChI is InChI=1S/C14H19N5OS/c1-10-5-2-3-6-11(10)16-12(20)9-21-14-17-13-15-7-4-8-19(13)18-14/h4,7-8,10-11H,2-3,5-6,9H2,1H3,(H,16,20)/t10-,11-/m1/s1. The van der Waals surface area contributed by atoms with E-state index < -0.39 is 0 Å². The van der Waals surface area contributed by atoms with Crippen LogP contribution < -0.4 is 5.32 Å². The molecule has 0 aromatic carbocycles. The Morgan fingerprint density at radius 1 is 1.48 bits per heavy atom. The SMILES string of the molecule is C[C@@H]1CCCC[C@H]1NC(=O)CSc1nc2ncccn2n1. The molecule has 0 saturated heterocycles. The van der Waals surface area contributed by atoms with Gasteiger partial charge in [0, 0.05) is 18.4 Å². The minimum absolute atomic E-state index is 0.0607. The first-order valence-electron chi connectivity index (χ1n) is 7.32. The van der Waals surface area contributed by atoms with Crippen molar-refractivity contribution in [3.8, 4) is 0 Å². The van der Waals surface area contributed by atoms with Crippen LogP contribution in [-0.4, -0.2) is 37.3 Å².